The number of alkyl halides is 3. The molecule has 2 aliphatic heterocycles. The van der Waals surface area contributed by atoms with Crippen LogP contribution in [0.15, 0.2) is 11.6 Å². The zero-order valence-electron chi connectivity index (χ0n) is 16.0. The van der Waals surface area contributed by atoms with E-state index < -0.39 is 12.1 Å². The Kier molecular flexibility index (Phi) is 8.37. The van der Waals surface area contributed by atoms with Crippen molar-refractivity contribution in [2.75, 3.05) is 46.5 Å². The minimum atomic E-state index is -5.08. The van der Waals surface area contributed by atoms with E-state index in [9.17, 15) is 18.0 Å². The average Bonchev–Trinajstić information content (AvgIpc) is 3.15. The summed E-state index contributed by atoms with van der Waals surface area (Å²) in [6.07, 6.45) is -1.43. The largest absolute Gasteiger partial charge is 0.490 e. The van der Waals surface area contributed by atoms with Gasteiger partial charge < -0.3 is 19.5 Å². The van der Waals surface area contributed by atoms with E-state index in [4.69, 9.17) is 19.4 Å². The van der Waals surface area contributed by atoms with Crippen molar-refractivity contribution >= 4 is 23.2 Å². The number of carboxylic acid groups (broad SMARTS) is 1. The summed E-state index contributed by atoms with van der Waals surface area (Å²) in [7, 11) is 1.56. The number of amides is 1. The highest BCUT2D eigenvalue weighted by atomic mass is 32.1. The molecule has 0 bridgehead atoms. The van der Waals surface area contributed by atoms with Crippen LogP contribution in [0, 0.1) is 0 Å². The van der Waals surface area contributed by atoms with E-state index >= 15 is 0 Å². The highest BCUT2D eigenvalue weighted by molar-refractivity contribution is 7.09. The first kappa shape index (κ1) is 23.5. The molecule has 3 rings (SSSR count). The van der Waals surface area contributed by atoms with Crippen LogP contribution in [0.25, 0.3) is 0 Å². The van der Waals surface area contributed by atoms with Crippen LogP contribution in [0.3, 0.4) is 0 Å². The maximum Gasteiger partial charge on any atom is 0.490 e. The van der Waals surface area contributed by atoms with Crippen molar-refractivity contribution in [3.05, 3.63) is 16.6 Å². The van der Waals surface area contributed by atoms with Gasteiger partial charge in [0.1, 0.15) is 11.6 Å². The molecule has 12 heteroatoms. The summed E-state index contributed by atoms with van der Waals surface area (Å²) in [6.45, 7) is 5.23. The van der Waals surface area contributed by atoms with E-state index in [1.165, 1.54) is 0 Å². The molecule has 1 aromatic rings. The van der Waals surface area contributed by atoms with Gasteiger partial charge in [0.2, 0.25) is 5.91 Å². The number of nitrogens with zero attached hydrogens (tertiary/aromatic N) is 3. The zero-order chi connectivity index (χ0) is 21.5. The van der Waals surface area contributed by atoms with E-state index in [2.05, 4.69) is 9.88 Å². The molecule has 2 saturated heterocycles. The fourth-order valence-electron chi connectivity index (χ4n) is 3.26. The van der Waals surface area contributed by atoms with Crippen LogP contribution >= 0.6 is 11.3 Å². The number of carbonyl (C=O) groups excluding carboxylic acids is 1. The fourth-order valence-corrected chi connectivity index (χ4v) is 3.92. The topological polar surface area (TPSA) is 92.2 Å². The lowest BCUT2D eigenvalue weighted by Crippen LogP contribution is -2.57. The monoisotopic (exact) mass is 439 g/mol. The molecule has 0 radical (unpaired) electrons. The molecule has 0 aromatic carbocycles. The van der Waals surface area contributed by atoms with Crippen molar-refractivity contribution in [3.8, 4) is 0 Å². The van der Waals surface area contributed by atoms with Crippen molar-refractivity contribution < 1.29 is 37.3 Å². The van der Waals surface area contributed by atoms with Crippen LogP contribution < -0.4 is 0 Å². The molecule has 2 aliphatic rings. The van der Waals surface area contributed by atoms with Gasteiger partial charge in [0.15, 0.2) is 0 Å². The van der Waals surface area contributed by atoms with Gasteiger partial charge in [-0.05, 0) is 12.8 Å². The van der Waals surface area contributed by atoms with Crippen LogP contribution in [-0.4, -0.2) is 90.0 Å². The highest BCUT2D eigenvalue weighted by Gasteiger charge is 2.40. The molecule has 0 aliphatic carbocycles. The predicted molar refractivity (Wildman–Crippen MR) is 97.5 cm³/mol. The van der Waals surface area contributed by atoms with Gasteiger partial charge in [-0.1, -0.05) is 0 Å². The Bertz CT molecular complexity index is 664. The number of carbonyl (C=O) groups is 2. The van der Waals surface area contributed by atoms with Gasteiger partial charge in [0, 0.05) is 44.9 Å². The second kappa shape index (κ2) is 10.3. The number of ether oxygens (including phenoxy) is 2. The van der Waals surface area contributed by atoms with Crippen molar-refractivity contribution in [3.63, 3.8) is 0 Å². The number of rotatable bonds is 4. The number of likely N-dealkylation sites (tertiary alicyclic amines) is 1. The first-order valence-corrected chi connectivity index (χ1v) is 9.85. The summed E-state index contributed by atoms with van der Waals surface area (Å²) in [6, 6.07) is 0. The molecule has 0 saturated carbocycles. The highest BCUT2D eigenvalue weighted by Crippen LogP contribution is 2.31. The van der Waals surface area contributed by atoms with Crippen LogP contribution in [0.5, 0.6) is 0 Å². The normalized spacial score (nSPS) is 19.5. The van der Waals surface area contributed by atoms with Gasteiger partial charge in [-0.2, -0.15) is 13.2 Å². The van der Waals surface area contributed by atoms with Gasteiger partial charge in [0.25, 0.3) is 0 Å². The number of methoxy groups -OCH3 is 1. The molecule has 0 unspecified atom stereocenters. The van der Waals surface area contributed by atoms with Crippen LogP contribution in [0.4, 0.5) is 13.2 Å². The molecule has 1 aromatic heterocycles. The quantitative estimate of drug-likeness (QED) is 0.762. The SMILES string of the molecule is COCC(=O)N1CCC2(CC1)CN(Cc1nccs1)CCO2.O=C(O)C(F)(F)F. The Balaban J connectivity index is 0.000000370. The molecule has 8 nitrogen and oxygen atoms in total. The van der Waals surface area contributed by atoms with E-state index in [1.807, 2.05) is 16.5 Å². The maximum absolute atomic E-state index is 11.9. The number of aromatic nitrogens is 1. The standard InChI is InChI=1S/C15H23N3O3S.C2HF3O2/c1-20-11-14(19)18-5-2-15(3-6-18)12-17(7-8-21-15)10-13-16-4-9-22-13;3-2(4,5)1(6)7/h4,9H,2-3,5-8,10-12H2,1H3;(H,6,7). The third kappa shape index (κ3) is 7.21. The van der Waals surface area contributed by atoms with Crippen LogP contribution in [0.2, 0.25) is 0 Å². The van der Waals surface area contributed by atoms with Gasteiger partial charge >= 0.3 is 12.1 Å². The van der Waals surface area contributed by atoms with Crippen molar-refractivity contribution in [2.24, 2.45) is 0 Å². The summed E-state index contributed by atoms with van der Waals surface area (Å²) >= 11 is 1.70. The number of morpholine rings is 1. The van der Waals surface area contributed by atoms with Gasteiger partial charge in [-0.15, -0.1) is 11.3 Å². The fraction of sp³-hybridized carbons (Fsp3) is 0.706. The number of halogens is 3. The van der Waals surface area contributed by atoms with Gasteiger partial charge in [-0.3, -0.25) is 9.69 Å². The van der Waals surface area contributed by atoms with E-state index in [0.29, 0.717) is 0 Å². The minimum Gasteiger partial charge on any atom is -0.475 e. The predicted octanol–water partition coefficient (Wildman–Crippen LogP) is 1.62. The number of carboxylic acids is 1. The molecule has 164 valence electrons. The van der Waals surface area contributed by atoms with E-state index in [0.717, 1.165) is 57.2 Å². The Morgan fingerprint density at radius 1 is 1.34 bits per heavy atom. The first-order chi connectivity index (χ1) is 13.6. The van der Waals surface area contributed by atoms with E-state index in [-0.39, 0.29) is 18.1 Å². The molecule has 0 atom stereocenters. The van der Waals surface area contributed by atoms with Crippen LogP contribution in [-0.2, 0) is 25.6 Å². The number of aliphatic carboxylic acids is 1. The summed E-state index contributed by atoms with van der Waals surface area (Å²) in [4.78, 5) is 29.5. The first-order valence-electron chi connectivity index (χ1n) is 8.97. The molecule has 3 heterocycles. The number of piperidine rings is 1. The average molecular weight is 439 g/mol. The van der Waals surface area contributed by atoms with Crippen LogP contribution in [0.1, 0.15) is 17.8 Å². The number of hydrogen-bond acceptors (Lipinski definition) is 7. The smallest absolute Gasteiger partial charge is 0.475 e. The summed E-state index contributed by atoms with van der Waals surface area (Å²) in [5, 5.41) is 10.3. The lowest BCUT2D eigenvalue weighted by atomic mass is 9.89. The maximum atomic E-state index is 11.9. The summed E-state index contributed by atoms with van der Waals surface area (Å²) in [5.74, 6) is -2.68. The number of hydrogen-bond donors (Lipinski definition) is 1. The molecular weight excluding hydrogens is 415 g/mol. The van der Waals surface area contributed by atoms with Crippen molar-refractivity contribution in [1.29, 1.82) is 0 Å². The Morgan fingerprint density at radius 2 is 2.00 bits per heavy atom. The Labute approximate surface area is 170 Å². The van der Waals surface area contributed by atoms with Crippen molar-refractivity contribution in [2.45, 2.75) is 31.2 Å². The molecule has 1 amide bonds. The second-order valence-electron chi connectivity index (χ2n) is 6.78. The third-order valence-electron chi connectivity index (χ3n) is 4.71. The molecule has 2 fully saturated rings. The molecule has 1 spiro atoms. The lowest BCUT2D eigenvalue weighted by molar-refractivity contribution is -0.192. The molecule has 1 N–H and O–H groups in total. The minimum absolute atomic E-state index is 0.0767. The van der Waals surface area contributed by atoms with E-state index in [1.54, 1.807) is 18.4 Å². The number of thiazole rings is 1. The Morgan fingerprint density at radius 3 is 2.52 bits per heavy atom. The second-order valence-corrected chi connectivity index (χ2v) is 7.76. The summed E-state index contributed by atoms with van der Waals surface area (Å²) in [5.41, 5.74) is -0.0979. The van der Waals surface area contributed by atoms with Crippen molar-refractivity contribution in [1.82, 2.24) is 14.8 Å². The summed E-state index contributed by atoms with van der Waals surface area (Å²) < 4.78 is 42.8. The Hall–Kier alpha value is -1.76. The molecular formula is C17H24F3N3O5S. The van der Waals surface area contributed by atoms with Gasteiger partial charge in [-0.25, -0.2) is 9.78 Å². The zero-order valence-corrected chi connectivity index (χ0v) is 16.8. The van der Waals surface area contributed by atoms with Gasteiger partial charge in [0.05, 0.1) is 18.8 Å². The molecule has 29 heavy (non-hydrogen) atoms. The third-order valence-corrected chi connectivity index (χ3v) is 5.47. The lowest BCUT2D eigenvalue weighted by Gasteiger charge is -2.47.